The molecule has 0 spiro atoms. The molecule has 0 fully saturated rings. The van der Waals surface area contributed by atoms with Crippen LogP contribution < -0.4 is 9.64 Å². The number of benzene rings is 3. The summed E-state index contributed by atoms with van der Waals surface area (Å²) in [5.41, 5.74) is 4.67. The quantitative estimate of drug-likeness (QED) is 0.558. The first-order valence-electron chi connectivity index (χ1n) is 9.43. The average molecular weight is 411 g/mol. The molecule has 3 rings (SSSR count). The monoisotopic (exact) mass is 411 g/mol. The zero-order valence-corrected chi connectivity index (χ0v) is 17.3. The predicted molar refractivity (Wildman–Crippen MR) is 114 cm³/mol. The number of hydrogen-bond acceptors (Lipinski definition) is 3. The minimum atomic E-state index is -1.06. The average Bonchev–Trinajstić information content (AvgIpc) is 2.69. The van der Waals surface area contributed by atoms with Crippen LogP contribution in [0.5, 0.6) is 5.75 Å². The Bertz CT molecular complexity index is 1110. The number of halogens is 2. The van der Waals surface area contributed by atoms with Gasteiger partial charge in [-0.15, -0.1) is 0 Å². The highest BCUT2D eigenvalue weighted by Gasteiger charge is 2.19. The Morgan fingerprint density at radius 2 is 1.73 bits per heavy atom. The Morgan fingerprint density at radius 1 is 1.00 bits per heavy atom. The zero-order chi connectivity index (χ0) is 22.0. The van der Waals surface area contributed by atoms with E-state index in [9.17, 15) is 13.6 Å². The lowest BCUT2D eigenvalue weighted by Crippen LogP contribution is -2.16. The van der Waals surface area contributed by atoms with Crippen LogP contribution in [-0.2, 0) is 4.79 Å². The Kier molecular flexibility index (Phi) is 6.06. The van der Waals surface area contributed by atoms with Gasteiger partial charge in [0.2, 0.25) is 0 Å². The van der Waals surface area contributed by atoms with Crippen molar-refractivity contribution in [1.82, 2.24) is 0 Å². The summed E-state index contributed by atoms with van der Waals surface area (Å²) in [7, 11) is 1.81. The number of carboxylic acid groups (broad SMARTS) is 1. The predicted octanol–water partition coefficient (Wildman–Crippen LogP) is 5.79. The SMILES string of the molecule is Cc1ccc(OCC(=O)O)c(C)c1N(C)c1cc(-c2cccc(F)c2)cc(F)c1C. The van der Waals surface area contributed by atoms with Gasteiger partial charge in [0.1, 0.15) is 17.4 Å². The van der Waals surface area contributed by atoms with Crippen molar-refractivity contribution in [2.45, 2.75) is 20.8 Å². The molecule has 0 saturated carbocycles. The second kappa shape index (κ2) is 8.53. The van der Waals surface area contributed by atoms with Crippen LogP contribution in [0.25, 0.3) is 11.1 Å². The van der Waals surface area contributed by atoms with Gasteiger partial charge in [0.15, 0.2) is 6.61 Å². The molecule has 0 aromatic heterocycles. The van der Waals surface area contributed by atoms with Crippen LogP contribution in [-0.4, -0.2) is 24.7 Å². The van der Waals surface area contributed by atoms with Gasteiger partial charge in [-0.3, -0.25) is 0 Å². The fourth-order valence-corrected chi connectivity index (χ4v) is 3.60. The molecule has 0 unspecified atom stereocenters. The Morgan fingerprint density at radius 3 is 2.40 bits per heavy atom. The van der Waals surface area contributed by atoms with E-state index in [4.69, 9.17) is 9.84 Å². The van der Waals surface area contributed by atoms with Gasteiger partial charge >= 0.3 is 5.97 Å². The van der Waals surface area contributed by atoms with Gasteiger partial charge in [-0.1, -0.05) is 18.2 Å². The molecule has 3 aromatic rings. The second-order valence-corrected chi connectivity index (χ2v) is 7.21. The van der Waals surface area contributed by atoms with E-state index >= 15 is 0 Å². The summed E-state index contributed by atoms with van der Waals surface area (Å²) in [6.07, 6.45) is 0. The van der Waals surface area contributed by atoms with Crippen LogP contribution in [0.2, 0.25) is 0 Å². The topological polar surface area (TPSA) is 49.8 Å². The molecule has 4 nitrogen and oxygen atoms in total. The molecular weight excluding hydrogens is 388 g/mol. The van der Waals surface area contributed by atoms with Crippen molar-refractivity contribution in [1.29, 1.82) is 0 Å². The lowest BCUT2D eigenvalue weighted by molar-refractivity contribution is -0.139. The van der Waals surface area contributed by atoms with Crippen molar-refractivity contribution in [3.8, 4) is 16.9 Å². The minimum Gasteiger partial charge on any atom is -0.482 e. The molecule has 0 aliphatic carbocycles. The van der Waals surface area contributed by atoms with E-state index in [0.29, 0.717) is 28.1 Å². The molecule has 0 atom stereocenters. The molecule has 0 amide bonds. The minimum absolute atomic E-state index is 0.390. The molecule has 0 saturated heterocycles. The third kappa shape index (κ3) is 4.27. The maximum absolute atomic E-state index is 14.8. The van der Waals surface area contributed by atoms with E-state index < -0.39 is 24.2 Å². The molecule has 0 radical (unpaired) electrons. The highest BCUT2D eigenvalue weighted by Crippen LogP contribution is 2.39. The standard InChI is InChI=1S/C24H23F2NO3/c1-14-8-9-22(30-13-23(28)29)16(3)24(14)27(4)21-12-18(11-20(26)15(21)2)17-6-5-7-19(25)10-17/h5-12H,13H2,1-4H3,(H,28,29). The highest BCUT2D eigenvalue weighted by molar-refractivity contribution is 5.78. The number of aliphatic carboxylic acids is 1. The molecule has 0 bridgehead atoms. The molecule has 0 aliphatic rings. The van der Waals surface area contributed by atoms with E-state index in [1.165, 1.54) is 18.2 Å². The lowest BCUT2D eigenvalue weighted by atomic mass is 10.00. The van der Waals surface area contributed by atoms with Crippen LogP contribution in [0.3, 0.4) is 0 Å². The number of carbonyl (C=O) groups is 1. The fraction of sp³-hybridized carbons (Fsp3) is 0.208. The number of anilines is 2. The van der Waals surface area contributed by atoms with Crippen molar-refractivity contribution in [3.63, 3.8) is 0 Å². The molecule has 0 heterocycles. The Hall–Kier alpha value is -3.41. The largest absolute Gasteiger partial charge is 0.482 e. The van der Waals surface area contributed by atoms with E-state index in [2.05, 4.69) is 0 Å². The highest BCUT2D eigenvalue weighted by atomic mass is 19.1. The van der Waals surface area contributed by atoms with Crippen LogP contribution >= 0.6 is 0 Å². The molecule has 156 valence electrons. The number of ether oxygens (including phenoxy) is 1. The summed E-state index contributed by atoms with van der Waals surface area (Å²) < 4.78 is 33.9. The van der Waals surface area contributed by atoms with Gasteiger partial charge < -0.3 is 14.7 Å². The van der Waals surface area contributed by atoms with Crippen molar-refractivity contribution >= 4 is 17.3 Å². The molecule has 0 aliphatic heterocycles. The number of rotatable bonds is 6. The summed E-state index contributed by atoms with van der Waals surface area (Å²) in [5.74, 6) is -1.40. The van der Waals surface area contributed by atoms with Crippen LogP contribution in [0, 0.1) is 32.4 Å². The fourth-order valence-electron chi connectivity index (χ4n) is 3.60. The first-order valence-corrected chi connectivity index (χ1v) is 9.43. The summed E-state index contributed by atoms with van der Waals surface area (Å²) >= 11 is 0. The number of hydrogen-bond donors (Lipinski definition) is 1. The zero-order valence-electron chi connectivity index (χ0n) is 17.3. The van der Waals surface area contributed by atoms with E-state index in [0.717, 1.165) is 16.8 Å². The van der Waals surface area contributed by atoms with Gasteiger partial charge in [-0.25, -0.2) is 13.6 Å². The van der Waals surface area contributed by atoms with E-state index in [1.54, 1.807) is 25.1 Å². The van der Waals surface area contributed by atoms with Gasteiger partial charge in [0.25, 0.3) is 0 Å². The maximum atomic E-state index is 14.8. The first-order chi connectivity index (χ1) is 14.2. The van der Waals surface area contributed by atoms with E-state index in [1.807, 2.05) is 37.9 Å². The number of carboxylic acids is 1. The van der Waals surface area contributed by atoms with Gasteiger partial charge in [0.05, 0.1) is 5.69 Å². The van der Waals surface area contributed by atoms with Gasteiger partial charge in [0, 0.05) is 23.9 Å². The third-order valence-corrected chi connectivity index (χ3v) is 5.11. The van der Waals surface area contributed by atoms with Crippen molar-refractivity contribution in [2.24, 2.45) is 0 Å². The molecular formula is C24H23F2NO3. The van der Waals surface area contributed by atoms with Crippen molar-refractivity contribution in [2.75, 3.05) is 18.6 Å². The summed E-state index contributed by atoms with van der Waals surface area (Å²) in [5, 5.41) is 8.90. The van der Waals surface area contributed by atoms with Gasteiger partial charge in [-0.05, 0) is 67.8 Å². The van der Waals surface area contributed by atoms with Crippen LogP contribution in [0.15, 0.2) is 48.5 Å². The van der Waals surface area contributed by atoms with Crippen LogP contribution in [0.1, 0.15) is 16.7 Å². The van der Waals surface area contributed by atoms with Crippen LogP contribution in [0.4, 0.5) is 20.2 Å². The number of aryl methyl sites for hydroxylation is 1. The third-order valence-electron chi connectivity index (χ3n) is 5.11. The summed E-state index contributed by atoms with van der Waals surface area (Å²) in [6.45, 7) is 4.99. The molecule has 6 heteroatoms. The molecule has 1 N–H and O–H groups in total. The molecule has 30 heavy (non-hydrogen) atoms. The Labute approximate surface area is 174 Å². The summed E-state index contributed by atoms with van der Waals surface area (Å²) in [4.78, 5) is 12.7. The van der Waals surface area contributed by atoms with Crippen molar-refractivity contribution in [3.05, 3.63) is 76.9 Å². The molecule has 3 aromatic carbocycles. The number of nitrogens with zero attached hydrogens (tertiary/aromatic N) is 1. The van der Waals surface area contributed by atoms with Crippen molar-refractivity contribution < 1.29 is 23.4 Å². The van der Waals surface area contributed by atoms with E-state index in [-0.39, 0.29) is 0 Å². The lowest BCUT2D eigenvalue weighted by Gasteiger charge is -2.27. The smallest absolute Gasteiger partial charge is 0.341 e. The Balaban J connectivity index is 2.10. The first kappa shape index (κ1) is 21.3. The second-order valence-electron chi connectivity index (χ2n) is 7.21. The summed E-state index contributed by atoms with van der Waals surface area (Å²) in [6, 6.07) is 12.8. The maximum Gasteiger partial charge on any atom is 0.341 e. The normalized spacial score (nSPS) is 10.7. The van der Waals surface area contributed by atoms with Gasteiger partial charge in [-0.2, -0.15) is 0 Å².